The molecule has 43 heavy (non-hydrogen) atoms. The Morgan fingerprint density at radius 2 is 1.88 bits per heavy atom. The summed E-state index contributed by atoms with van der Waals surface area (Å²) in [5, 5.41) is 8.05. The second-order valence-electron chi connectivity index (χ2n) is 11.7. The molecule has 3 aromatic rings. The van der Waals surface area contributed by atoms with Gasteiger partial charge in [0.25, 0.3) is 5.91 Å². The van der Waals surface area contributed by atoms with Crippen molar-refractivity contribution in [2.45, 2.75) is 62.9 Å². The number of rotatable bonds is 8. The first-order chi connectivity index (χ1) is 20.9. The van der Waals surface area contributed by atoms with Crippen LogP contribution in [0.2, 0.25) is 0 Å². The van der Waals surface area contributed by atoms with Gasteiger partial charge in [0.05, 0.1) is 30.6 Å². The van der Waals surface area contributed by atoms with Crippen molar-refractivity contribution in [1.29, 1.82) is 0 Å². The Morgan fingerprint density at radius 1 is 1.02 bits per heavy atom. The van der Waals surface area contributed by atoms with E-state index < -0.39 is 0 Å². The maximum Gasteiger partial charge on any atom is 0.257 e. The van der Waals surface area contributed by atoms with Crippen molar-refractivity contribution in [2.24, 2.45) is 0 Å². The maximum atomic E-state index is 13.5. The molecule has 0 radical (unpaired) electrons. The van der Waals surface area contributed by atoms with Crippen LogP contribution in [0.5, 0.6) is 5.75 Å². The number of carbonyl (C=O) groups excluding carboxylic acids is 3. The van der Waals surface area contributed by atoms with Gasteiger partial charge in [0.1, 0.15) is 18.5 Å². The molecular weight excluding hydrogens is 564 g/mol. The summed E-state index contributed by atoms with van der Waals surface area (Å²) >= 11 is 1.53. The van der Waals surface area contributed by atoms with Crippen LogP contribution in [0.3, 0.4) is 0 Å². The van der Waals surface area contributed by atoms with Crippen molar-refractivity contribution in [3.63, 3.8) is 0 Å². The highest BCUT2D eigenvalue weighted by atomic mass is 32.1. The number of anilines is 1. The molecule has 3 amide bonds. The number of fused-ring (bicyclic) bond motifs is 2. The minimum atomic E-state index is -0.341. The van der Waals surface area contributed by atoms with Gasteiger partial charge in [-0.1, -0.05) is 36.4 Å². The Labute approximate surface area is 256 Å². The van der Waals surface area contributed by atoms with Crippen LogP contribution >= 0.6 is 11.3 Å². The summed E-state index contributed by atoms with van der Waals surface area (Å²) in [6.45, 7) is 2.97. The number of likely N-dealkylation sites (tertiary alicyclic amines) is 1. The molecule has 2 aromatic carbocycles. The van der Waals surface area contributed by atoms with E-state index in [1.807, 2.05) is 23.6 Å². The van der Waals surface area contributed by atoms with E-state index in [1.165, 1.54) is 16.9 Å². The zero-order valence-electron chi connectivity index (χ0n) is 24.4. The van der Waals surface area contributed by atoms with E-state index in [-0.39, 0.29) is 55.0 Å². The lowest BCUT2D eigenvalue weighted by Gasteiger charge is -2.42. The third-order valence-electron chi connectivity index (χ3n) is 8.51. The molecule has 2 fully saturated rings. The van der Waals surface area contributed by atoms with Gasteiger partial charge in [-0.2, -0.15) is 0 Å². The van der Waals surface area contributed by atoms with Gasteiger partial charge in [-0.15, -0.1) is 11.3 Å². The highest BCUT2D eigenvalue weighted by molar-refractivity contribution is 7.10. The fraction of sp³-hybridized carbons (Fsp3) is 0.424. The Bertz CT molecular complexity index is 1430. The summed E-state index contributed by atoms with van der Waals surface area (Å²) in [6.07, 6.45) is 2.35. The number of likely N-dealkylation sites (N-methyl/N-ethyl adjacent to an activating group) is 1. The standard InChI is InChI=1S/C33H38N4O5S/c1-36-28-11-10-25(17-31(38)35-24-13-14-37(20-24)19-22-6-3-2-4-7-22)42-30(28)21-41-29-12-9-23(16-27(29)33(36)40)34-32(39)18-26-8-5-15-43-26/h2-9,12,15-16,24-25,28,30H,10-11,13-14,17-21H2,1H3,(H,34,39)(H,35,38)/t24-,25+,28-,30-/m1/s1. The number of carbonyl (C=O) groups is 3. The molecule has 226 valence electrons. The molecule has 4 heterocycles. The predicted octanol–water partition coefficient (Wildman–Crippen LogP) is 4.09. The van der Waals surface area contributed by atoms with Gasteiger partial charge >= 0.3 is 0 Å². The number of thiophene rings is 1. The van der Waals surface area contributed by atoms with E-state index in [2.05, 4.69) is 39.8 Å². The van der Waals surface area contributed by atoms with Gasteiger partial charge in [-0.25, -0.2) is 0 Å². The highest BCUT2D eigenvalue weighted by Crippen LogP contribution is 2.32. The van der Waals surface area contributed by atoms with E-state index in [4.69, 9.17) is 9.47 Å². The van der Waals surface area contributed by atoms with Crippen LogP contribution in [-0.2, 0) is 27.3 Å². The molecule has 4 atom stereocenters. The summed E-state index contributed by atoms with van der Waals surface area (Å²) in [5.74, 6) is 0.143. The van der Waals surface area contributed by atoms with Gasteiger partial charge in [-0.3, -0.25) is 19.3 Å². The van der Waals surface area contributed by atoms with E-state index in [0.29, 0.717) is 29.8 Å². The first kappa shape index (κ1) is 29.3. The van der Waals surface area contributed by atoms with Gasteiger partial charge < -0.3 is 25.0 Å². The molecular formula is C33H38N4O5S. The number of hydrogen-bond donors (Lipinski definition) is 2. The van der Waals surface area contributed by atoms with Crippen LogP contribution in [0.15, 0.2) is 66.0 Å². The van der Waals surface area contributed by atoms with Crippen molar-refractivity contribution in [2.75, 3.05) is 32.1 Å². The molecule has 0 aliphatic carbocycles. The molecule has 3 aliphatic heterocycles. The molecule has 0 spiro atoms. The topological polar surface area (TPSA) is 100 Å². The second kappa shape index (κ2) is 13.3. The average molecular weight is 603 g/mol. The Morgan fingerprint density at radius 3 is 2.70 bits per heavy atom. The molecule has 1 aromatic heterocycles. The first-order valence-corrected chi connectivity index (χ1v) is 15.9. The summed E-state index contributed by atoms with van der Waals surface area (Å²) in [4.78, 5) is 44.1. The van der Waals surface area contributed by atoms with Crippen LogP contribution in [0.1, 0.15) is 46.5 Å². The molecule has 0 unspecified atom stereocenters. The molecule has 9 nitrogen and oxygen atoms in total. The van der Waals surface area contributed by atoms with E-state index >= 15 is 0 Å². The van der Waals surface area contributed by atoms with Gasteiger partial charge in [0, 0.05) is 43.3 Å². The summed E-state index contributed by atoms with van der Waals surface area (Å²) in [5.41, 5.74) is 2.25. The van der Waals surface area contributed by atoms with Gasteiger partial charge in [-0.05, 0) is 54.5 Å². The van der Waals surface area contributed by atoms with Crippen molar-refractivity contribution in [1.82, 2.24) is 15.1 Å². The zero-order valence-corrected chi connectivity index (χ0v) is 25.2. The maximum absolute atomic E-state index is 13.5. The predicted molar refractivity (Wildman–Crippen MR) is 165 cm³/mol. The SMILES string of the molecule is CN1C(=O)c2cc(NC(=O)Cc3cccs3)ccc2OC[C@H]2O[C@H](CC(=O)N[C@@H]3CCN(Cc4ccccc4)C3)CC[C@H]21. The molecule has 2 N–H and O–H groups in total. The zero-order chi connectivity index (χ0) is 29.8. The smallest absolute Gasteiger partial charge is 0.257 e. The minimum Gasteiger partial charge on any atom is -0.490 e. The summed E-state index contributed by atoms with van der Waals surface area (Å²) in [7, 11) is 1.79. The quantitative estimate of drug-likeness (QED) is 0.403. The van der Waals surface area contributed by atoms with Crippen molar-refractivity contribution in [3.8, 4) is 5.75 Å². The van der Waals surface area contributed by atoms with E-state index in [0.717, 1.165) is 37.4 Å². The van der Waals surface area contributed by atoms with Gasteiger partial charge in [0.15, 0.2) is 0 Å². The number of benzene rings is 2. The fourth-order valence-corrected chi connectivity index (χ4v) is 7.01. The van der Waals surface area contributed by atoms with Crippen molar-refractivity contribution >= 4 is 34.7 Å². The molecule has 0 saturated carbocycles. The number of amides is 3. The van der Waals surface area contributed by atoms with Crippen LogP contribution in [-0.4, -0.2) is 78.6 Å². The third-order valence-corrected chi connectivity index (χ3v) is 9.39. The number of nitrogens with one attached hydrogen (secondary N) is 2. The monoisotopic (exact) mass is 602 g/mol. The normalized spacial score (nSPS) is 23.8. The Kier molecular flexibility index (Phi) is 9.06. The lowest BCUT2D eigenvalue weighted by molar-refractivity contribution is -0.134. The van der Waals surface area contributed by atoms with Crippen LogP contribution < -0.4 is 15.4 Å². The third kappa shape index (κ3) is 7.26. The first-order valence-electron chi connectivity index (χ1n) is 15.0. The van der Waals surface area contributed by atoms with E-state index in [1.54, 1.807) is 30.1 Å². The molecule has 10 heteroatoms. The summed E-state index contributed by atoms with van der Waals surface area (Å²) < 4.78 is 12.5. The lowest BCUT2D eigenvalue weighted by atomic mass is 9.94. The minimum absolute atomic E-state index is 0.00482. The average Bonchev–Trinajstić information content (AvgIpc) is 3.67. The molecule has 0 bridgehead atoms. The van der Waals surface area contributed by atoms with Crippen LogP contribution in [0.25, 0.3) is 0 Å². The van der Waals surface area contributed by atoms with Crippen LogP contribution in [0.4, 0.5) is 5.69 Å². The summed E-state index contributed by atoms with van der Waals surface area (Å²) in [6, 6.07) is 19.4. The second-order valence-corrected chi connectivity index (χ2v) is 12.7. The molecule has 3 aliphatic rings. The number of hydrogen-bond acceptors (Lipinski definition) is 7. The Hall–Kier alpha value is -3.73. The van der Waals surface area contributed by atoms with Crippen molar-refractivity contribution in [3.05, 3.63) is 82.0 Å². The van der Waals surface area contributed by atoms with Crippen molar-refractivity contribution < 1.29 is 23.9 Å². The highest BCUT2D eigenvalue weighted by Gasteiger charge is 2.39. The number of ether oxygens (including phenoxy) is 2. The Balaban J connectivity index is 1.02. The van der Waals surface area contributed by atoms with Gasteiger partial charge in [0.2, 0.25) is 11.8 Å². The molecule has 2 saturated heterocycles. The largest absolute Gasteiger partial charge is 0.490 e. The van der Waals surface area contributed by atoms with Crippen LogP contribution in [0, 0.1) is 0 Å². The number of nitrogens with zero attached hydrogens (tertiary/aromatic N) is 2. The van der Waals surface area contributed by atoms with E-state index in [9.17, 15) is 14.4 Å². The lowest BCUT2D eigenvalue weighted by Crippen LogP contribution is -2.54. The fourth-order valence-electron chi connectivity index (χ4n) is 6.31. The molecule has 6 rings (SSSR count).